The first-order valence-electron chi connectivity index (χ1n) is 9.53. The number of hydrogen-bond acceptors (Lipinski definition) is 9. The maximum Gasteiger partial charge on any atom is 0.355 e. The van der Waals surface area contributed by atoms with Gasteiger partial charge in [-0.2, -0.15) is 0 Å². The second-order valence-electron chi connectivity index (χ2n) is 7.07. The predicted octanol–water partition coefficient (Wildman–Crippen LogP) is 2.71. The quantitative estimate of drug-likeness (QED) is 0.268. The number of rotatable bonds is 7. The fourth-order valence-corrected chi connectivity index (χ4v) is 4.77. The van der Waals surface area contributed by atoms with Gasteiger partial charge in [0.15, 0.2) is 0 Å². The number of fused-ring (bicyclic) bond motifs is 1. The van der Waals surface area contributed by atoms with Crippen LogP contribution in [0.1, 0.15) is 24.2 Å². The molecule has 0 spiro atoms. The summed E-state index contributed by atoms with van der Waals surface area (Å²) in [5.74, 6) is -2.20. The fourth-order valence-electron chi connectivity index (χ4n) is 3.52. The Hall–Kier alpha value is -3.73. The number of β-lactam (4-membered cyclic amide) rings is 1. The van der Waals surface area contributed by atoms with Crippen LogP contribution in [0.15, 0.2) is 59.9 Å². The molecule has 3 heterocycles. The Morgan fingerprint density at radius 1 is 1.22 bits per heavy atom. The lowest BCUT2D eigenvalue weighted by Gasteiger charge is -2.45. The van der Waals surface area contributed by atoms with Gasteiger partial charge in [0.1, 0.15) is 29.7 Å². The smallest absolute Gasteiger partial charge is 0.355 e. The number of hydrogen-bond donors (Lipinski definition) is 0. The topological polar surface area (TPSA) is 129 Å². The highest BCUT2D eigenvalue weighted by atomic mass is 32.2. The Bertz CT molecular complexity index is 1100. The zero-order valence-corrected chi connectivity index (χ0v) is 17.6. The predicted molar refractivity (Wildman–Crippen MR) is 111 cm³/mol. The zero-order valence-electron chi connectivity index (χ0n) is 16.7. The third-order valence-corrected chi connectivity index (χ3v) is 6.19. The molecular weight excluding hydrogens is 438 g/mol. The summed E-state index contributed by atoms with van der Waals surface area (Å²) in [7, 11) is 0. The number of esters is 2. The van der Waals surface area contributed by atoms with Gasteiger partial charge in [-0.3, -0.25) is 29.6 Å². The summed E-state index contributed by atoms with van der Waals surface area (Å²) in [5, 5.41) is 11.9. The Morgan fingerprint density at radius 3 is 2.53 bits per heavy atom. The van der Waals surface area contributed by atoms with Gasteiger partial charge in [-0.1, -0.05) is 0 Å². The van der Waals surface area contributed by atoms with Gasteiger partial charge < -0.3 is 9.47 Å². The maximum atomic E-state index is 12.9. The minimum Gasteiger partial charge on any atom is -0.457 e. The van der Waals surface area contributed by atoms with Crippen molar-refractivity contribution in [1.29, 1.82) is 0 Å². The van der Waals surface area contributed by atoms with Gasteiger partial charge in [0, 0.05) is 36.9 Å². The summed E-state index contributed by atoms with van der Waals surface area (Å²) in [5.41, 5.74) is 1.27. The van der Waals surface area contributed by atoms with Crippen LogP contribution in [-0.4, -0.2) is 38.0 Å². The van der Waals surface area contributed by atoms with E-state index in [0.717, 1.165) is 0 Å². The van der Waals surface area contributed by atoms with Crippen LogP contribution in [-0.2, 0) is 30.5 Å². The molecule has 1 aromatic heterocycles. The third kappa shape index (κ3) is 4.06. The number of amides is 1. The lowest BCUT2D eigenvalue weighted by atomic mass is 9.87. The van der Waals surface area contributed by atoms with E-state index >= 15 is 0 Å². The standard InChI is InChI=1S/C21H17N3O7S/c1-12(25)31-18(14-6-8-22-9-7-14)17-19(26)23-16(11-32-20(17)23)21(27)30-10-13-2-4-15(5-3-13)24(28)29/h2-9,11,17-18,20H,10H2,1H3/t17?,18?,20-/m1/s1. The van der Waals surface area contributed by atoms with Crippen molar-refractivity contribution in [2.75, 3.05) is 0 Å². The van der Waals surface area contributed by atoms with E-state index in [0.29, 0.717) is 11.1 Å². The number of ether oxygens (including phenoxy) is 2. The van der Waals surface area contributed by atoms with Gasteiger partial charge in [-0.25, -0.2) is 4.79 Å². The number of nitrogens with zero attached hydrogens (tertiary/aromatic N) is 3. The molecule has 4 rings (SSSR count). The van der Waals surface area contributed by atoms with Crippen LogP contribution in [0.25, 0.3) is 0 Å². The monoisotopic (exact) mass is 455 g/mol. The van der Waals surface area contributed by atoms with E-state index in [2.05, 4.69) is 4.98 Å². The lowest BCUT2D eigenvalue weighted by molar-refractivity contribution is -0.384. The molecule has 2 unspecified atom stereocenters. The Morgan fingerprint density at radius 2 is 1.91 bits per heavy atom. The molecule has 10 nitrogen and oxygen atoms in total. The van der Waals surface area contributed by atoms with Gasteiger partial charge in [-0.05, 0) is 35.4 Å². The first-order chi connectivity index (χ1) is 15.4. The van der Waals surface area contributed by atoms with Crippen LogP contribution in [0, 0.1) is 16.0 Å². The number of non-ortho nitro benzene ring substituents is 1. The van der Waals surface area contributed by atoms with Gasteiger partial charge in [-0.15, -0.1) is 11.8 Å². The summed E-state index contributed by atoms with van der Waals surface area (Å²) >= 11 is 1.28. The highest BCUT2D eigenvalue weighted by Gasteiger charge is 2.58. The van der Waals surface area contributed by atoms with Crippen molar-refractivity contribution in [3.05, 3.63) is 81.1 Å². The average Bonchev–Trinajstić information content (AvgIpc) is 3.17. The van der Waals surface area contributed by atoms with Crippen LogP contribution < -0.4 is 0 Å². The number of nitro groups is 1. The summed E-state index contributed by atoms with van der Waals surface area (Å²) < 4.78 is 10.7. The first kappa shape index (κ1) is 21.5. The Kier molecular flexibility index (Phi) is 5.91. The van der Waals surface area contributed by atoms with E-state index in [9.17, 15) is 24.5 Å². The molecule has 0 aliphatic carbocycles. The van der Waals surface area contributed by atoms with Crippen molar-refractivity contribution in [2.45, 2.75) is 25.0 Å². The van der Waals surface area contributed by atoms with E-state index < -0.39 is 34.3 Å². The van der Waals surface area contributed by atoms with Crippen molar-refractivity contribution < 1.29 is 28.8 Å². The average molecular weight is 455 g/mol. The summed E-state index contributed by atoms with van der Waals surface area (Å²) in [6.07, 6.45) is 2.31. The van der Waals surface area contributed by atoms with Crippen molar-refractivity contribution in [2.24, 2.45) is 5.92 Å². The van der Waals surface area contributed by atoms with Crippen LogP contribution in [0.3, 0.4) is 0 Å². The molecule has 11 heteroatoms. The largest absolute Gasteiger partial charge is 0.457 e. The summed E-state index contributed by atoms with van der Waals surface area (Å²) in [6.45, 7) is 1.18. The van der Waals surface area contributed by atoms with Gasteiger partial charge in [0.2, 0.25) is 5.91 Å². The second kappa shape index (κ2) is 8.79. The second-order valence-corrected chi connectivity index (χ2v) is 8.06. The number of carbonyl (C=O) groups excluding carboxylic acids is 3. The molecular formula is C21H17N3O7S. The molecule has 1 amide bonds. The van der Waals surface area contributed by atoms with Gasteiger partial charge in [0.25, 0.3) is 5.69 Å². The van der Waals surface area contributed by atoms with Gasteiger partial charge in [0.05, 0.1) is 4.92 Å². The number of benzene rings is 1. The molecule has 1 fully saturated rings. The van der Waals surface area contributed by atoms with Crippen LogP contribution in [0.4, 0.5) is 5.69 Å². The number of nitro benzene ring substituents is 1. The van der Waals surface area contributed by atoms with E-state index in [4.69, 9.17) is 9.47 Å². The van der Waals surface area contributed by atoms with Crippen LogP contribution in [0.2, 0.25) is 0 Å². The minimum atomic E-state index is -0.791. The molecule has 0 saturated carbocycles. The van der Waals surface area contributed by atoms with Crippen molar-refractivity contribution in [1.82, 2.24) is 9.88 Å². The molecule has 0 bridgehead atoms. The minimum absolute atomic E-state index is 0.0634. The maximum absolute atomic E-state index is 12.9. The van der Waals surface area contributed by atoms with E-state index in [1.165, 1.54) is 47.9 Å². The van der Waals surface area contributed by atoms with Crippen LogP contribution in [0.5, 0.6) is 0 Å². The third-order valence-electron chi connectivity index (χ3n) is 5.04. The van der Waals surface area contributed by atoms with Crippen LogP contribution >= 0.6 is 11.8 Å². The lowest BCUT2D eigenvalue weighted by Crippen LogP contribution is -2.59. The van der Waals surface area contributed by atoms with Crippen molar-refractivity contribution in [3.8, 4) is 0 Å². The molecule has 164 valence electrons. The SMILES string of the molecule is CC(=O)OC(c1ccncc1)C1C(=O)N2C(C(=O)OCc3ccc([N+](=O)[O-])cc3)=CS[C@H]12. The highest BCUT2D eigenvalue weighted by molar-refractivity contribution is 8.03. The number of pyridine rings is 1. The molecule has 2 aliphatic heterocycles. The first-order valence-corrected chi connectivity index (χ1v) is 10.5. The zero-order chi connectivity index (χ0) is 22.8. The molecule has 1 aromatic carbocycles. The number of aromatic nitrogens is 1. The number of carbonyl (C=O) groups is 3. The molecule has 2 aliphatic rings. The van der Waals surface area contributed by atoms with Crippen molar-refractivity contribution >= 4 is 35.3 Å². The number of thioether (sulfide) groups is 1. The molecule has 0 radical (unpaired) electrons. The Labute approximate surface area is 186 Å². The van der Waals surface area contributed by atoms with Gasteiger partial charge >= 0.3 is 11.9 Å². The summed E-state index contributed by atoms with van der Waals surface area (Å²) in [4.78, 5) is 52.6. The van der Waals surface area contributed by atoms with E-state index in [1.807, 2.05) is 0 Å². The normalized spacial score (nSPS) is 20.0. The summed E-state index contributed by atoms with van der Waals surface area (Å²) in [6, 6.07) is 8.99. The molecule has 2 aromatic rings. The van der Waals surface area contributed by atoms with E-state index in [1.54, 1.807) is 29.9 Å². The fraction of sp³-hybridized carbons (Fsp3) is 0.238. The Balaban J connectivity index is 1.42. The van der Waals surface area contributed by atoms with E-state index in [-0.39, 0.29) is 23.9 Å². The molecule has 32 heavy (non-hydrogen) atoms. The molecule has 3 atom stereocenters. The highest BCUT2D eigenvalue weighted by Crippen LogP contribution is 2.50. The van der Waals surface area contributed by atoms with Crippen molar-refractivity contribution in [3.63, 3.8) is 0 Å². The molecule has 1 saturated heterocycles. The molecule has 0 N–H and O–H groups in total.